The van der Waals surface area contributed by atoms with Crippen LogP contribution in [-0.2, 0) is 20.1 Å². The van der Waals surface area contributed by atoms with E-state index in [0.29, 0.717) is 13.0 Å². The second kappa shape index (κ2) is 4.88. The van der Waals surface area contributed by atoms with Gasteiger partial charge in [0.2, 0.25) is 0 Å². The van der Waals surface area contributed by atoms with Crippen molar-refractivity contribution >= 4 is 5.78 Å². The fourth-order valence-electron chi connectivity index (χ4n) is 2.43. The normalized spacial score (nSPS) is 14.3. The minimum absolute atomic E-state index is 0.250. The number of fused-ring (bicyclic) bond motifs is 1. The number of ketones is 1. The maximum atomic E-state index is 11.7. The molecule has 1 aliphatic carbocycles. The van der Waals surface area contributed by atoms with Crippen LogP contribution in [0.2, 0.25) is 0 Å². The van der Waals surface area contributed by atoms with Crippen LogP contribution in [0.4, 0.5) is 0 Å². The third-order valence-corrected chi connectivity index (χ3v) is 3.39. The van der Waals surface area contributed by atoms with Crippen molar-refractivity contribution in [2.75, 3.05) is 0 Å². The van der Waals surface area contributed by atoms with E-state index in [1.54, 1.807) is 10.9 Å². The molecule has 1 heterocycles. The van der Waals surface area contributed by atoms with Gasteiger partial charge in [-0.15, -0.1) is 0 Å². The predicted octanol–water partition coefficient (Wildman–Crippen LogP) is 2.52. The van der Waals surface area contributed by atoms with Gasteiger partial charge in [-0.2, -0.15) is 5.10 Å². The smallest absolute Gasteiger partial charge is 0.163 e. The van der Waals surface area contributed by atoms with E-state index in [0.717, 1.165) is 35.3 Å². The molecule has 19 heavy (non-hydrogen) atoms. The van der Waals surface area contributed by atoms with Crippen molar-refractivity contribution in [1.29, 1.82) is 0 Å². The number of nitrogens with zero attached hydrogens (tertiary/aromatic N) is 2. The average molecular weight is 256 g/mol. The van der Waals surface area contributed by atoms with Gasteiger partial charge in [0.15, 0.2) is 5.78 Å². The molecular weight excluding hydrogens is 240 g/mol. The Bertz CT molecular complexity index is 616. The summed E-state index contributed by atoms with van der Waals surface area (Å²) in [7, 11) is 1.88. The van der Waals surface area contributed by atoms with Gasteiger partial charge in [0.1, 0.15) is 12.4 Å². The van der Waals surface area contributed by atoms with Crippen LogP contribution < -0.4 is 4.74 Å². The average Bonchev–Trinajstić information content (AvgIpc) is 2.82. The summed E-state index contributed by atoms with van der Waals surface area (Å²) in [5.74, 6) is 1.07. The van der Waals surface area contributed by atoms with Gasteiger partial charge in [-0.05, 0) is 36.6 Å². The summed E-state index contributed by atoms with van der Waals surface area (Å²) < 4.78 is 7.50. The van der Waals surface area contributed by atoms with E-state index >= 15 is 0 Å². The molecule has 3 rings (SSSR count). The summed E-state index contributed by atoms with van der Waals surface area (Å²) in [4.78, 5) is 11.7. The van der Waals surface area contributed by atoms with Crippen molar-refractivity contribution in [2.45, 2.75) is 25.9 Å². The molecule has 0 spiro atoms. The van der Waals surface area contributed by atoms with Crippen molar-refractivity contribution in [1.82, 2.24) is 9.78 Å². The Kier molecular flexibility index (Phi) is 3.07. The van der Waals surface area contributed by atoms with Gasteiger partial charge >= 0.3 is 0 Å². The maximum absolute atomic E-state index is 11.7. The highest BCUT2D eigenvalue weighted by Crippen LogP contribution is 2.25. The molecule has 0 unspecified atom stereocenters. The van der Waals surface area contributed by atoms with Gasteiger partial charge in [0.25, 0.3) is 0 Å². The van der Waals surface area contributed by atoms with Crippen LogP contribution in [0.15, 0.2) is 30.6 Å². The Labute approximate surface area is 112 Å². The highest BCUT2D eigenvalue weighted by atomic mass is 16.5. The number of aromatic nitrogens is 2. The molecule has 0 radical (unpaired) electrons. The van der Waals surface area contributed by atoms with E-state index < -0.39 is 0 Å². The molecule has 0 atom stereocenters. The van der Waals surface area contributed by atoms with Gasteiger partial charge < -0.3 is 4.74 Å². The lowest BCUT2D eigenvalue weighted by Gasteiger charge is -2.15. The van der Waals surface area contributed by atoms with Gasteiger partial charge in [0.05, 0.1) is 6.20 Å². The zero-order valence-corrected chi connectivity index (χ0v) is 10.9. The number of hydrogen-bond donors (Lipinski definition) is 0. The van der Waals surface area contributed by atoms with Crippen LogP contribution in [0.25, 0.3) is 0 Å². The Hall–Kier alpha value is -2.10. The lowest BCUT2D eigenvalue weighted by molar-refractivity contribution is 0.0972. The van der Waals surface area contributed by atoms with Crippen LogP contribution in [-0.4, -0.2) is 15.6 Å². The zero-order valence-electron chi connectivity index (χ0n) is 10.9. The highest BCUT2D eigenvalue weighted by Gasteiger charge is 2.17. The number of aryl methyl sites for hydroxylation is 2. The highest BCUT2D eigenvalue weighted by molar-refractivity contribution is 5.98. The monoisotopic (exact) mass is 256 g/mol. The van der Waals surface area contributed by atoms with Crippen molar-refractivity contribution in [2.24, 2.45) is 7.05 Å². The molecule has 0 bridgehead atoms. The number of hydrogen-bond acceptors (Lipinski definition) is 3. The quantitative estimate of drug-likeness (QED) is 0.847. The fourth-order valence-corrected chi connectivity index (χ4v) is 2.43. The van der Waals surface area contributed by atoms with Crippen molar-refractivity contribution in [3.8, 4) is 5.75 Å². The van der Waals surface area contributed by atoms with Crippen LogP contribution in [0.5, 0.6) is 5.75 Å². The van der Waals surface area contributed by atoms with E-state index in [2.05, 4.69) is 5.10 Å². The van der Waals surface area contributed by atoms with E-state index in [-0.39, 0.29) is 5.78 Å². The molecule has 0 aliphatic heterocycles. The molecule has 0 N–H and O–H groups in total. The van der Waals surface area contributed by atoms with E-state index in [9.17, 15) is 4.79 Å². The molecule has 0 saturated heterocycles. The molecule has 4 nitrogen and oxygen atoms in total. The fraction of sp³-hybridized carbons (Fsp3) is 0.333. The number of Topliss-reactive ketones (excluding diaryl/α,β-unsaturated/α-hetero) is 1. The lowest BCUT2D eigenvalue weighted by Crippen LogP contribution is -2.10. The standard InChI is InChI=1S/C15H16N2O2/c1-17-9-11(8-16-17)10-19-13-5-6-14-12(7-13)3-2-4-15(14)18/h5-9H,2-4,10H2,1H3. The second-order valence-corrected chi connectivity index (χ2v) is 4.91. The maximum Gasteiger partial charge on any atom is 0.163 e. The van der Waals surface area contributed by atoms with Crippen LogP contribution in [0.3, 0.4) is 0 Å². The molecule has 0 fully saturated rings. The van der Waals surface area contributed by atoms with Crippen LogP contribution >= 0.6 is 0 Å². The SMILES string of the molecule is Cn1cc(COc2ccc3c(c2)CCCC3=O)cn1. The summed E-state index contributed by atoms with van der Waals surface area (Å²) in [6, 6.07) is 5.75. The Morgan fingerprint density at radius 3 is 3.05 bits per heavy atom. The third-order valence-electron chi connectivity index (χ3n) is 3.39. The topological polar surface area (TPSA) is 44.1 Å². The largest absolute Gasteiger partial charge is 0.489 e. The van der Waals surface area contributed by atoms with Gasteiger partial charge in [-0.25, -0.2) is 0 Å². The molecule has 1 aliphatic rings. The van der Waals surface area contributed by atoms with E-state index in [1.807, 2.05) is 31.4 Å². The van der Waals surface area contributed by atoms with Gasteiger partial charge in [-0.3, -0.25) is 9.48 Å². The van der Waals surface area contributed by atoms with Crippen LogP contribution in [0, 0.1) is 0 Å². The number of rotatable bonds is 3. The first kappa shape index (κ1) is 12.0. The Balaban J connectivity index is 1.73. The first-order valence-electron chi connectivity index (χ1n) is 6.49. The number of carbonyl (C=O) groups excluding carboxylic acids is 1. The predicted molar refractivity (Wildman–Crippen MR) is 71.3 cm³/mol. The lowest BCUT2D eigenvalue weighted by atomic mass is 9.90. The van der Waals surface area contributed by atoms with Gasteiger partial charge in [-0.1, -0.05) is 0 Å². The van der Waals surface area contributed by atoms with Crippen molar-refractivity contribution < 1.29 is 9.53 Å². The number of benzene rings is 1. The molecule has 2 aromatic rings. The van der Waals surface area contributed by atoms with Crippen molar-refractivity contribution in [3.05, 3.63) is 47.3 Å². The second-order valence-electron chi connectivity index (χ2n) is 4.91. The Morgan fingerprint density at radius 1 is 1.37 bits per heavy atom. The molecule has 1 aromatic carbocycles. The minimum Gasteiger partial charge on any atom is -0.489 e. The zero-order chi connectivity index (χ0) is 13.2. The minimum atomic E-state index is 0.250. The molecule has 1 aromatic heterocycles. The first-order chi connectivity index (χ1) is 9.22. The third kappa shape index (κ3) is 2.52. The number of ether oxygens (including phenoxy) is 1. The van der Waals surface area contributed by atoms with Crippen LogP contribution in [0.1, 0.15) is 34.3 Å². The van der Waals surface area contributed by atoms with E-state index in [4.69, 9.17) is 4.74 Å². The summed E-state index contributed by atoms with van der Waals surface area (Å²) in [5, 5.41) is 4.10. The molecule has 0 saturated carbocycles. The molecule has 4 heteroatoms. The Morgan fingerprint density at radius 2 is 2.26 bits per heavy atom. The first-order valence-corrected chi connectivity index (χ1v) is 6.49. The molecule has 98 valence electrons. The van der Waals surface area contributed by atoms with Gasteiger partial charge in [0, 0.05) is 30.8 Å². The summed E-state index contributed by atoms with van der Waals surface area (Å²) in [6.07, 6.45) is 6.30. The number of carbonyl (C=O) groups is 1. The molecule has 0 amide bonds. The summed E-state index contributed by atoms with van der Waals surface area (Å²) in [6.45, 7) is 0.501. The summed E-state index contributed by atoms with van der Waals surface area (Å²) >= 11 is 0. The molecular formula is C15H16N2O2. The summed E-state index contributed by atoms with van der Waals surface area (Å²) in [5.41, 5.74) is 3.01. The van der Waals surface area contributed by atoms with Crippen molar-refractivity contribution in [3.63, 3.8) is 0 Å². The van der Waals surface area contributed by atoms with E-state index in [1.165, 1.54) is 0 Å².